The van der Waals surface area contributed by atoms with Crippen LogP contribution >= 0.6 is 0 Å². The minimum absolute atomic E-state index is 0.0337. The Morgan fingerprint density at radius 3 is 2.78 bits per heavy atom. The predicted molar refractivity (Wildman–Crippen MR) is 99.9 cm³/mol. The highest BCUT2D eigenvalue weighted by atomic mass is 19.1. The molecule has 1 aliphatic rings. The Morgan fingerprint density at radius 2 is 2.00 bits per heavy atom. The fraction of sp³-hybridized carbons (Fsp3) is 0.286. The van der Waals surface area contributed by atoms with E-state index >= 15 is 0 Å². The molecular weight excluding hydrogens is 345 g/mol. The van der Waals surface area contributed by atoms with Gasteiger partial charge in [-0.1, -0.05) is 43.3 Å². The average molecular weight is 365 g/mol. The molecule has 3 aromatic rings. The average Bonchev–Trinajstić information content (AvgIpc) is 3.28. The van der Waals surface area contributed by atoms with Crippen LogP contribution in [0.25, 0.3) is 11.4 Å². The number of halogens is 1. The van der Waals surface area contributed by atoms with Gasteiger partial charge in [-0.2, -0.15) is 4.98 Å². The number of aromatic nitrogens is 2. The zero-order valence-corrected chi connectivity index (χ0v) is 15.2. The van der Waals surface area contributed by atoms with Crippen molar-refractivity contribution in [2.24, 2.45) is 0 Å². The van der Waals surface area contributed by atoms with Crippen LogP contribution in [-0.4, -0.2) is 22.6 Å². The molecule has 2 aromatic carbocycles. The first-order chi connectivity index (χ1) is 13.0. The van der Waals surface area contributed by atoms with Crippen molar-refractivity contribution in [1.29, 1.82) is 0 Å². The third-order valence-electron chi connectivity index (χ3n) is 4.85. The van der Waals surface area contributed by atoms with Crippen LogP contribution in [0.5, 0.6) is 0 Å². The van der Waals surface area contributed by atoms with Crippen LogP contribution in [0.1, 0.15) is 43.6 Å². The maximum absolute atomic E-state index is 13.4. The van der Waals surface area contributed by atoms with Gasteiger partial charge in [-0.05, 0) is 35.7 Å². The Morgan fingerprint density at radius 1 is 1.19 bits per heavy atom. The molecule has 0 spiro atoms. The molecule has 0 saturated carbocycles. The standard InChI is InChI=1S/C21H20FN3O2/c1-13(2)14-5-4-8-18(10-14)25-12-16(11-19(25)26)21-23-20(24-27-21)15-6-3-7-17(22)9-15/h3-10,13,16H,11-12H2,1-2H3. The summed E-state index contributed by atoms with van der Waals surface area (Å²) in [7, 11) is 0. The van der Waals surface area contributed by atoms with Crippen LogP contribution in [0.15, 0.2) is 53.1 Å². The summed E-state index contributed by atoms with van der Waals surface area (Å²) in [6.07, 6.45) is 0.316. The normalized spacial score (nSPS) is 17.1. The lowest BCUT2D eigenvalue weighted by atomic mass is 10.0. The fourth-order valence-corrected chi connectivity index (χ4v) is 3.32. The van der Waals surface area contributed by atoms with E-state index in [9.17, 15) is 9.18 Å². The first-order valence-corrected chi connectivity index (χ1v) is 9.01. The number of carbonyl (C=O) groups is 1. The minimum Gasteiger partial charge on any atom is -0.339 e. The molecule has 2 heterocycles. The van der Waals surface area contributed by atoms with E-state index in [-0.39, 0.29) is 17.6 Å². The van der Waals surface area contributed by atoms with Crippen molar-refractivity contribution in [2.75, 3.05) is 11.4 Å². The van der Waals surface area contributed by atoms with Gasteiger partial charge in [0.2, 0.25) is 17.6 Å². The molecule has 138 valence electrons. The maximum Gasteiger partial charge on any atom is 0.232 e. The SMILES string of the molecule is CC(C)c1cccc(N2CC(c3nc(-c4cccc(F)c4)no3)CC2=O)c1. The minimum atomic E-state index is -0.355. The summed E-state index contributed by atoms with van der Waals surface area (Å²) in [5.74, 6) is 0.637. The van der Waals surface area contributed by atoms with E-state index in [2.05, 4.69) is 36.1 Å². The van der Waals surface area contributed by atoms with Crippen LogP contribution < -0.4 is 4.90 Å². The fourth-order valence-electron chi connectivity index (χ4n) is 3.32. The van der Waals surface area contributed by atoms with E-state index in [0.29, 0.717) is 36.2 Å². The zero-order chi connectivity index (χ0) is 19.0. The summed E-state index contributed by atoms with van der Waals surface area (Å²) < 4.78 is 18.8. The summed E-state index contributed by atoms with van der Waals surface area (Å²) in [5.41, 5.74) is 2.63. The van der Waals surface area contributed by atoms with E-state index in [1.54, 1.807) is 17.0 Å². The van der Waals surface area contributed by atoms with E-state index in [1.807, 2.05) is 12.1 Å². The molecule has 1 aliphatic heterocycles. The molecule has 27 heavy (non-hydrogen) atoms. The molecule has 1 aromatic heterocycles. The van der Waals surface area contributed by atoms with E-state index in [4.69, 9.17) is 4.52 Å². The molecular formula is C21H20FN3O2. The van der Waals surface area contributed by atoms with Crippen molar-refractivity contribution in [3.8, 4) is 11.4 Å². The predicted octanol–water partition coefficient (Wildman–Crippen LogP) is 4.52. The smallest absolute Gasteiger partial charge is 0.232 e. The van der Waals surface area contributed by atoms with Crippen molar-refractivity contribution in [3.63, 3.8) is 0 Å². The Labute approximate surface area is 156 Å². The molecule has 1 unspecified atom stereocenters. The Hall–Kier alpha value is -3.02. The molecule has 1 fully saturated rings. The lowest BCUT2D eigenvalue weighted by Crippen LogP contribution is -2.24. The summed E-state index contributed by atoms with van der Waals surface area (Å²) in [6, 6.07) is 14.1. The largest absolute Gasteiger partial charge is 0.339 e. The summed E-state index contributed by atoms with van der Waals surface area (Å²) in [4.78, 5) is 18.7. The lowest BCUT2D eigenvalue weighted by molar-refractivity contribution is -0.117. The van der Waals surface area contributed by atoms with Crippen LogP contribution in [0.3, 0.4) is 0 Å². The highest BCUT2D eigenvalue weighted by Gasteiger charge is 2.35. The van der Waals surface area contributed by atoms with Gasteiger partial charge in [0.05, 0.1) is 5.92 Å². The summed E-state index contributed by atoms with van der Waals surface area (Å²) in [5, 5.41) is 3.95. The molecule has 5 nitrogen and oxygen atoms in total. The van der Waals surface area contributed by atoms with E-state index in [1.165, 1.54) is 17.7 Å². The van der Waals surface area contributed by atoms with Gasteiger partial charge in [0, 0.05) is 24.2 Å². The molecule has 0 radical (unpaired) electrons. The Balaban J connectivity index is 1.55. The number of hydrogen-bond acceptors (Lipinski definition) is 4. The number of hydrogen-bond donors (Lipinski definition) is 0. The van der Waals surface area contributed by atoms with Gasteiger partial charge in [0.25, 0.3) is 0 Å². The van der Waals surface area contributed by atoms with Crippen molar-refractivity contribution in [2.45, 2.75) is 32.1 Å². The van der Waals surface area contributed by atoms with Crippen LogP contribution in [0.4, 0.5) is 10.1 Å². The van der Waals surface area contributed by atoms with Gasteiger partial charge in [0.1, 0.15) is 5.82 Å². The van der Waals surface area contributed by atoms with Crippen LogP contribution in [0, 0.1) is 5.82 Å². The van der Waals surface area contributed by atoms with Crippen molar-refractivity contribution < 1.29 is 13.7 Å². The van der Waals surface area contributed by atoms with E-state index < -0.39 is 0 Å². The van der Waals surface area contributed by atoms with Gasteiger partial charge in [-0.3, -0.25) is 4.79 Å². The first kappa shape index (κ1) is 17.4. The van der Waals surface area contributed by atoms with E-state index in [0.717, 1.165) is 5.69 Å². The molecule has 0 N–H and O–H groups in total. The van der Waals surface area contributed by atoms with Gasteiger partial charge >= 0.3 is 0 Å². The van der Waals surface area contributed by atoms with Crippen molar-refractivity contribution in [1.82, 2.24) is 10.1 Å². The zero-order valence-electron chi connectivity index (χ0n) is 15.2. The number of nitrogens with zero attached hydrogens (tertiary/aromatic N) is 3. The second-order valence-corrected chi connectivity index (χ2v) is 7.12. The third-order valence-corrected chi connectivity index (χ3v) is 4.85. The molecule has 0 bridgehead atoms. The van der Waals surface area contributed by atoms with Gasteiger partial charge in [0.15, 0.2) is 0 Å². The lowest BCUT2D eigenvalue weighted by Gasteiger charge is -2.18. The third kappa shape index (κ3) is 3.47. The van der Waals surface area contributed by atoms with Gasteiger partial charge < -0.3 is 9.42 Å². The highest BCUT2D eigenvalue weighted by molar-refractivity contribution is 5.96. The highest BCUT2D eigenvalue weighted by Crippen LogP contribution is 2.33. The number of benzene rings is 2. The molecule has 4 rings (SSSR count). The first-order valence-electron chi connectivity index (χ1n) is 9.01. The number of carbonyl (C=O) groups excluding carboxylic acids is 1. The molecule has 6 heteroatoms. The summed E-state index contributed by atoms with van der Waals surface area (Å²) >= 11 is 0. The topological polar surface area (TPSA) is 59.2 Å². The number of anilines is 1. The quantitative estimate of drug-likeness (QED) is 0.682. The second-order valence-electron chi connectivity index (χ2n) is 7.12. The molecule has 0 aliphatic carbocycles. The number of amides is 1. The van der Waals surface area contributed by atoms with Crippen molar-refractivity contribution >= 4 is 11.6 Å². The monoisotopic (exact) mass is 365 g/mol. The maximum atomic E-state index is 13.4. The van der Waals surface area contributed by atoms with Crippen molar-refractivity contribution in [3.05, 3.63) is 65.8 Å². The second kappa shape index (κ2) is 6.95. The van der Waals surface area contributed by atoms with Crippen LogP contribution in [0.2, 0.25) is 0 Å². The Bertz CT molecular complexity index is 983. The molecule has 1 amide bonds. The number of rotatable bonds is 4. The van der Waals surface area contributed by atoms with Gasteiger partial charge in [-0.15, -0.1) is 0 Å². The van der Waals surface area contributed by atoms with Gasteiger partial charge in [-0.25, -0.2) is 4.39 Å². The molecule has 1 atom stereocenters. The molecule has 1 saturated heterocycles. The van der Waals surface area contributed by atoms with Crippen LogP contribution in [-0.2, 0) is 4.79 Å². The summed E-state index contributed by atoms with van der Waals surface area (Å²) in [6.45, 7) is 4.74. The Kier molecular flexibility index (Phi) is 4.48.